The van der Waals surface area contributed by atoms with Crippen LogP contribution in [0.4, 0.5) is 10.5 Å². The Balaban J connectivity index is 1.30. The highest BCUT2D eigenvalue weighted by Gasteiger charge is 2.46. The number of carbonyl (C=O) groups is 2. The molecule has 1 spiro atoms. The molecule has 1 heterocycles. The Labute approximate surface area is 189 Å². The topological polar surface area (TPSA) is 82.4 Å². The van der Waals surface area contributed by atoms with Gasteiger partial charge in [-0.05, 0) is 68.7 Å². The Bertz CT molecular complexity index is 1020. The summed E-state index contributed by atoms with van der Waals surface area (Å²) in [6.45, 7) is 2.67. The third-order valence-electron chi connectivity index (χ3n) is 6.93. The number of hydrogen-bond acceptors (Lipinski definition) is 4. The van der Waals surface area contributed by atoms with Crippen molar-refractivity contribution in [1.29, 1.82) is 5.26 Å². The van der Waals surface area contributed by atoms with Gasteiger partial charge in [0.1, 0.15) is 6.61 Å². The van der Waals surface area contributed by atoms with Crippen molar-refractivity contribution in [3.63, 3.8) is 0 Å². The first-order valence-corrected chi connectivity index (χ1v) is 11.3. The van der Waals surface area contributed by atoms with Gasteiger partial charge in [0.05, 0.1) is 18.2 Å². The zero-order chi connectivity index (χ0) is 22.6. The van der Waals surface area contributed by atoms with Crippen molar-refractivity contribution in [2.75, 3.05) is 18.5 Å². The lowest BCUT2D eigenvalue weighted by Crippen LogP contribution is -2.49. The largest absolute Gasteiger partial charge is 0.447 e. The molecule has 0 radical (unpaired) electrons. The summed E-state index contributed by atoms with van der Waals surface area (Å²) in [5, 5.41) is 11.6. The molecule has 2 aromatic carbocycles. The normalized spacial score (nSPS) is 22.6. The van der Waals surface area contributed by atoms with Gasteiger partial charge in [0, 0.05) is 17.6 Å². The summed E-state index contributed by atoms with van der Waals surface area (Å²) in [6.07, 6.45) is 5.01. The molecule has 2 aliphatic rings. The van der Waals surface area contributed by atoms with Gasteiger partial charge in [-0.3, -0.25) is 10.1 Å². The number of carbonyl (C=O) groups excluding carboxylic acids is 2. The van der Waals surface area contributed by atoms with Gasteiger partial charge in [-0.25, -0.2) is 4.79 Å². The number of amides is 2. The van der Waals surface area contributed by atoms with E-state index >= 15 is 0 Å². The highest BCUT2D eigenvalue weighted by Crippen LogP contribution is 2.46. The smallest absolute Gasteiger partial charge is 0.411 e. The van der Waals surface area contributed by atoms with Gasteiger partial charge < -0.3 is 9.64 Å². The maximum atomic E-state index is 12.6. The fourth-order valence-electron chi connectivity index (χ4n) is 5.13. The monoisotopic (exact) mass is 431 g/mol. The van der Waals surface area contributed by atoms with E-state index in [1.54, 1.807) is 24.3 Å². The number of rotatable bonds is 5. The van der Waals surface area contributed by atoms with Crippen LogP contribution in [0.2, 0.25) is 0 Å². The predicted octanol–water partition coefficient (Wildman–Crippen LogP) is 5.13. The second kappa shape index (κ2) is 9.44. The molecule has 1 saturated heterocycles. The van der Waals surface area contributed by atoms with Gasteiger partial charge in [0.25, 0.3) is 0 Å². The van der Waals surface area contributed by atoms with Crippen LogP contribution in [-0.2, 0) is 9.53 Å². The summed E-state index contributed by atoms with van der Waals surface area (Å²) in [5.41, 5.74) is 3.54. The van der Waals surface area contributed by atoms with Crippen molar-refractivity contribution >= 4 is 17.7 Å². The minimum Gasteiger partial charge on any atom is -0.447 e. The summed E-state index contributed by atoms with van der Waals surface area (Å²) in [4.78, 5) is 26.7. The molecule has 2 fully saturated rings. The zero-order valence-electron chi connectivity index (χ0n) is 18.5. The van der Waals surface area contributed by atoms with Crippen molar-refractivity contribution in [2.24, 2.45) is 0 Å². The van der Waals surface area contributed by atoms with Gasteiger partial charge in [0.2, 0.25) is 5.91 Å². The van der Waals surface area contributed by atoms with Gasteiger partial charge in [-0.15, -0.1) is 0 Å². The third kappa shape index (κ3) is 4.77. The minimum atomic E-state index is -0.580. The van der Waals surface area contributed by atoms with Crippen molar-refractivity contribution in [1.82, 2.24) is 4.90 Å². The second-order valence-corrected chi connectivity index (χ2v) is 8.91. The number of benzene rings is 2. The van der Waals surface area contributed by atoms with E-state index in [9.17, 15) is 9.59 Å². The van der Waals surface area contributed by atoms with Crippen LogP contribution in [0.15, 0.2) is 48.5 Å². The number of ether oxygens (including phenoxy) is 1. The fraction of sp³-hybridized carbons (Fsp3) is 0.423. The number of likely N-dealkylation sites (tertiary alicyclic amines) is 1. The van der Waals surface area contributed by atoms with Gasteiger partial charge in [0.15, 0.2) is 0 Å². The fourth-order valence-corrected chi connectivity index (χ4v) is 5.13. The highest BCUT2D eigenvalue weighted by molar-refractivity contribution is 5.85. The van der Waals surface area contributed by atoms with E-state index in [1.165, 1.54) is 11.1 Å². The quantitative estimate of drug-likeness (QED) is 0.711. The minimum absolute atomic E-state index is 0.0980. The first-order valence-electron chi connectivity index (χ1n) is 11.3. The van der Waals surface area contributed by atoms with Crippen LogP contribution in [-0.4, -0.2) is 35.6 Å². The highest BCUT2D eigenvalue weighted by atomic mass is 16.5. The average molecular weight is 432 g/mol. The Morgan fingerprint density at radius 3 is 2.66 bits per heavy atom. The molecule has 0 unspecified atom stereocenters. The molecular formula is C26H29N3O3. The summed E-state index contributed by atoms with van der Waals surface area (Å²) >= 11 is 0. The zero-order valence-corrected chi connectivity index (χ0v) is 18.5. The Kier molecular flexibility index (Phi) is 6.45. The van der Waals surface area contributed by atoms with Crippen LogP contribution in [0.3, 0.4) is 0 Å². The maximum Gasteiger partial charge on any atom is 0.411 e. The number of aryl methyl sites for hydroxylation is 1. The molecule has 1 saturated carbocycles. The van der Waals surface area contributed by atoms with Crippen LogP contribution in [0.5, 0.6) is 0 Å². The van der Waals surface area contributed by atoms with Gasteiger partial charge in [-0.1, -0.05) is 35.9 Å². The molecule has 1 N–H and O–H groups in total. The van der Waals surface area contributed by atoms with E-state index in [4.69, 9.17) is 10.00 Å². The van der Waals surface area contributed by atoms with Crippen molar-refractivity contribution in [2.45, 2.75) is 56.9 Å². The first kappa shape index (κ1) is 21.9. The summed E-state index contributed by atoms with van der Waals surface area (Å²) in [5.74, 6) is 0.703. The number of anilines is 1. The first-order chi connectivity index (χ1) is 15.5. The number of hydrogen-bond donors (Lipinski definition) is 1. The van der Waals surface area contributed by atoms with E-state index in [-0.39, 0.29) is 18.1 Å². The molecule has 4 rings (SSSR count). The standard InChI is InChI=1S/C26H29N3O3/c1-19-5-7-21(8-6-19)22-9-12-26(13-10-22)14-11-24(30)29(26)15-16-32-25(31)28-23-4-2-3-20(17-23)18-27/h2-8,17,22H,9-16H2,1H3,(H,28,31). The van der Waals surface area contributed by atoms with Crippen molar-refractivity contribution in [3.8, 4) is 6.07 Å². The SMILES string of the molecule is Cc1ccc(C2CCC3(CCC(=O)N3CCOC(=O)Nc3cccc(C#N)c3)CC2)cc1. The Morgan fingerprint density at radius 2 is 1.94 bits per heavy atom. The van der Waals surface area contributed by atoms with Crippen molar-refractivity contribution in [3.05, 3.63) is 65.2 Å². The van der Waals surface area contributed by atoms with Crippen LogP contribution in [0, 0.1) is 18.3 Å². The van der Waals surface area contributed by atoms with Crippen molar-refractivity contribution < 1.29 is 14.3 Å². The predicted molar refractivity (Wildman–Crippen MR) is 122 cm³/mol. The number of nitrogens with zero attached hydrogens (tertiary/aromatic N) is 2. The molecule has 6 heteroatoms. The van der Waals surface area contributed by atoms with Crippen LogP contribution >= 0.6 is 0 Å². The molecule has 2 aromatic rings. The molecule has 0 aromatic heterocycles. The van der Waals surface area contributed by atoms with E-state index in [2.05, 4.69) is 36.5 Å². The number of nitrogens with one attached hydrogen (secondary N) is 1. The van der Waals surface area contributed by atoms with E-state index in [1.807, 2.05) is 11.0 Å². The Morgan fingerprint density at radius 1 is 1.19 bits per heavy atom. The molecule has 166 valence electrons. The van der Waals surface area contributed by atoms with Crippen LogP contribution < -0.4 is 5.32 Å². The molecule has 0 atom stereocenters. The lowest BCUT2D eigenvalue weighted by Gasteiger charge is -2.44. The second-order valence-electron chi connectivity index (χ2n) is 8.91. The van der Waals surface area contributed by atoms with E-state index in [0.29, 0.717) is 30.1 Å². The summed E-state index contributed by atoms with van der Waals surface area (Å²) in [6, 6.07) is 17.5. The van der Waals surface area contributed by atoms with E-state index in [0.717, 1.165) is 32.1 Å². The lowest BCUT2D eigenvalue weighted by molar-refractivity contribution is -0.132. The molecule has 2 amide bonds. The molecule has 0 bridgehead atoms. The molecule has 1 aliphatic heterocycles. The molecule has 32 heavy (non-hydrogen) atoms. The average Bonchev–Trinajstić information content (AvgIpc) is 3.10. The molecule has 6 nitrogen and oxygen atoms in total. The van der Waals surface area contributed by atoms with Crippen LogP contribution in [0.25, 0.3) is 0 Å². The number of nitriles is 1. The van der Waals surface area contributed by atoms with E-state index < -0.39 is 6.09 Å². The van der Waals surface area contributed by atoms with Gasteiger partial charge >= 0.3 is 6.09 Å². The molecular weight excluding hydrogens is 402 g/mol. The van der Waals surface area contributed by atoms with Gasteiger partial charge in [-0.2, -0.15) is 5.26 Å². The third-order valence-corrected chi connectivity index (χ3v) is 6.93. The summed E-state index contributed by atoms with van der Waals surface area (Å²) in [7, 11) is 0. The summed E-state index contributed by atoms with van der Waals surface area (Å²) < 4.78 is 5.34. The maximum absolute atomic E-state index is 12.6. The molecule has 1 aliphatic carbocycles. The van der Waals surface area contributed by atoms with Crippen LogP contribution in [0.1, 0.15) is 61.1 Å². The lowest BCUT2D eigenvalue weighted by atomic mass is 9.73. The Hall–Kier alpha value is -3.33.